The molecule has 0 amide bonds. The monoisotopic (exact) mass is 230 g/mol. The highest BCUT2D eigenvalue weighted by atomic mass is 16.1. The van der Waals surface area contributed by atoms with E-state index in [4.69, 9.17) is 0 Å². The Morgan fingerprint density at radius 2 is 1.59 bits per heavy atom. The highest BCUT2D eigenvalue weighted by molar-refractivity contribution is 5.69. The molecular formula is C16H22O. The van der Waals surface area contributed by atoms with Crippen LogP contribution in [0.2, 0.25) is 0 Å². The van der Waals surface area contributed by atoms with Crippen LogP contribution in [0.25, 0.3) is 0 Å². The van der Waals surface area contributed by atoms with Crippen molar-refractivity contribution >= 4 is 6.29 Å². The summed E-state index contributed by atoms with van der Waals surface area (Å²) < 4.78 is 0. The van der Waals surface area contributed by atoms with Crippen LogP contribution in [0.4, 0.5) is 0 Å². The molecule has 17 heavy (non-hydrogen) atoms. The van der Waals surface area contributed by atoms with Crippen molar-refractivity contribution in [1.29, 1.82) is 0 Å². The average molecular weight is 230 g/mol. The van der Waals surface area contributed by atoms with Crippen LogP contribution in [0.5, 0.6) is 0 Å². The maximum Gasteiger partial charge on any atom is 0.130 e. The van der Waals surface area contributed by atoms with Crippen molar-refractivity contribution in [2.24, 2.45) is 0 Å². The number of hydrogen-bond donors (Lipinski definition) is 0. The van der Waals surface area contributed by atoms with Gasteiger partial charge in [0.25, 0.3) is 0 Å². The van der Waals surface area contributed by atoms with Gasteiger partial charge in [-0.2, -0.15) is 0 Å². The molecule has 1 aromatic rings. The summed E-state index contributed by atoms with van der Waals surface area (Å²) in [5, 5.41) is 0. The highest BCUT2D eigenvalue weighted by Crippen LogP contribution is 2.39. The predicted octanol–water partition coefficient (Wildman–Crippen LogP) is 3.99. The van der Waals surface area contributed by atoms with E-state index in [0.29, 0.717) is 0 Å². The van der Waals surface area contributed by atoms with E-state index >= 15 is 0 Å². The Morgan fingerprint density at radius 1 is 1.06 bits per heavy atom. The Morgan fingerprint density at radius 3 is 2.00 bits per heavy atom. The van der Waals surface area contributed by atoms with Crippen molar-refractivity contribution < 1.29 is 4.79 Å². The van der Waals surface area contributed by atoms with E-state index in [9.17, 15) is 4.79 Å². The first-order valence-corrected chi connectivity index (χ1v) is 6.55. The lowest BCUT2D eigenvalue weighted by molar-refractivity contribution is -0.112. The molecule has 0 aliphatic heterocycles. The first-order valence-electron chi connectivity index (χ1n) is 6.55. The van der Waals surface area contributed by atoms with Crippen LogP contribution in [-0.4, -0.2) is 6.29 Å². The van der Waals surface area contributed by atoms with Gasteiger partial charge in [0.2, 0.25) is 0 Å². The molecule has 1 saturated carbocycles. The molecule has 1 aliphatic rings. The van der Waals surface area contributed by atoms with Gasteiger partial charge in [-0.25, -0.2) is 0 Å². The SMILES string of the molecule is CC(C)(C)c1ccc(C2(C=O)CCCC2)cc1. The summed E-state index contributed by atoms with van der Waals surface area (Å²) in [6.07, 6.45) is 5.57. The largest absolute Gasteiger partial charge is 0.302 e. The van der Waals surface area contributed by atoms with Crippen LogP contribution in [0, 0.1) is 0 Å². The van der Waals surface area contributed by atoms with Crippen LogP contribution >= 0.6 is 0 Å². The van der Waals surface area contributed by atoms with E-state index in [1.54, 1.807) is 0 Å². The molecule has 0 unspecified atom stereocenters. The molecule has 0 atom stereocenters. The van der Waals surface area contributed by atoms with Crippen molar-refractivity contribution in [3.63, 3.8) is 0 Å². The molecule has 1 nitrogen and oxygen atoms in total. The normalized spacial score (nSPS) is 19.2. The second-order valence-electron chi connectivity index (χ2n) is 6.31. The molecule has 0 heterocycles. The van der Waals surface area contributed by atoms with Gasteiger partial charge in [0.1, 0.15) is 6.29 Å². The zero-order chi connectivity index (χ0) is 12.5. The number of rotatable bonds is 2. The Hall–Kier alpha value is -1.11. The first kappa shape index (κ1) is 12.3. The van der Waals surface area contributed by atoms with Gasteiger partial charge in [0.15, 0.2) is 0 Å². The highest BCUT2D eigenvalue weighted by Gasteiger charge is 2.35. The van der Waals surface area contributed by atoms with Gasteiger partial charge in [-0.1, -0.05) is 57.9 Å². The first-order chi connectivity index (χ1) is 7.98. The van der Waals surface area contributed by atoms with Gasteiger partial charge in [0, 0.05) is 0 Å². The minimum absolute atomic E-state index is 0.183. The minimum Gasteiger partial charge on any atom is -0.302 e. The zero-order valence-electron chi connectivity index (χ0n) is 11.1. The van der Waals surface area contributed by atoms with Gasteiger partial charge in [-0.15, -0.1) is 0 Å². The summed E-state index contributed by atoms with van der Waals surface area (Å²) in [5.74, 6) is 0. The van der Waals surface area contributed by atoms with Crippen molar-refractivity contribution in [3.05, 3.63) is 35.4 Å². The molecule has 2 rings (SSSR count). The van der Waals surface area contributed by atoms with Crippen LogP contribution < -0.4 is 0 Å². The summed E-state index contributed by atoms with van der Waals surface area (Å²) in [4.78, 5) is 11.4. The summed E-state index contributed by atoms with van der Waals surface area (Å²) in [7, 11) is 0. The quantitative estimate of drug-likeness (QED) is 0.702. The van der Waals surface area contributed by atoms with E-state index < -0.39 is 0 Å². The van der Waals surface area contributed by atoms with Gasteiger partial charge in [0.05, 0.1) is 5.41 Å². The Balaban J connectivity index is 2.32. The molecular weight excluding hydrogens is 208 g/mol. The van der Waals surface area contributed by atoms with Crippen LogP contribution in [-0.2, 0) is 15.6 Å². The van der Waals surface area contributed by atoms with Crippen molar-refractivity contribution in [1.82, 2.24) is 0 Å². The maximum atomic E-state index is 11.4. The van der Waals surface area contributed by atoms with Gasteiger partial charge in [-0.3, -0.25) is 0 Å². The van der Waals surface area contributed by atoms with E-state index in [1.807, 2.05) is 0 Å². The molecule has 0 spiro atoms. The van der Waals surface area contributed by atoms with Crippen LogP contribution in [0.3, 0.4) is 0 Å². The fourth-order valence-corrected chi connectivity index (χ4v) is 2.78. The average Bonchev–Trinajstić information content (AvgIpc) is 2.78. The summed E-state index contributed by atoms with van der Waals surface area (Å²) in [6.45, 7) is 6.65. The number of hydrogen-bond acceptors (Lipinski definition) is 1. The van der Waals surface area contributed by atoms with Gasteiger partial charge < -0.3 is 4.79 Å². The standard InChI is InChI=1S/C16H22O/c1-15(2,3)13-6-8-14(9-7-13)16(12-17)10-4-5-11-16/h6-9,12H,4-5,10-11H2,1-3H3. The number of aldehydes is 1. The minimum atomic E-state index is -0.184. The van der Waals surface area contributed by atoms with Gasteiger partial charge in [-0.05, 0) is 29.4 Å². The fourth-order valence-electron chi connectivity index (χ4n) is 2.78. The molecule has 92 valence electrons. The lowest BCUT2D eigenvalue weighted by Gasteiger charge is -2.24. The molecule has 1 fully saturated rings. The van der Waals surface area contributed by atoms with Crippen molar-refractivity contribution in [3.8, 4) is 0 Å². The predicted molar refractivity (Wildman–Crippen MR) is 71.4 cm³/mol. The lowest BCUT2D eigenvalue weighted by Crippen LogP contribution is -2.24. The van der Waals surface area contributed by atoms with E-state index in [1.165, 1.54) is 30.3 Å². The zero-order valence-corrected chi connectivity index (χ0v) is 11.1. The van der Waals surface area contributed by atoms with Crippen LogP contribution in [0.15, 0.2) is 24.3 Å². The Labute approximate surface area is 104 Å². The number of benzene rings is 1. The van der Waals surface area contributed by atoms with E-state index in [-0.39, 0.29) is 10.8 Å². The topological polar surface area (TPSA) is 17.1 Å². The Bertz CT molecular complexity index is 389. The van der Waals surface area contributed by atoms with Crippen molar-refractivity contribution in [2.45, 2.75) is 57.3 Å². The molecule has 0 radical (unpaired) electrons. The smallest absolute Gasteiger partial charge is 0.130 e. The third-order valence-electron chi connectivity index (χ3n) is 4.05. The third-order valence-corrected chi connectivity index (χ3v) is 4.05. The number of carbonyl (C=O) groups excluding carboxylic acids is 1. The maximum absolute atomic E-state index is 11.4. The second kappa shape index (κ2) is 4.29. The fraction of sp³-hybridized carbons (Fsp3) is 0.562. The van der Waals surface area contributed by atoms with E-state index in [2.05, 4.69) is 45.0 Å². The number of carbonyl (C=O) groups is 1. The van der Waals surface area contributed by atoms with E-state index in [0.717, 1.165) is 12.8 Å². The molecule has 0 N–H and O–H groups in total. The molecule has 1 aromatic carbocycles. The second-order valence-corrected chi connectivity index (χ2v) is 6.31. The third kappa shape index (κ3) is 2.29. The van der Waals surface area contributed by atoms with Gasteiger partial charge >= 0.3 is 0 Å². The summed E-state index contributed by atoms with van der Waals surface area (Å²) in [6, 6.07) is 8.67. The molecule has 0 bridgehead atoms. The molecule has 0 aromatic heterocycles. The summed E-state index contributed by atoms with van der Waals surface area (Å²) >= 11 is 0. The van der Waals surface area contributed by atoms with Crippen LogP contribution in [0.1, 0.15) is 57.6 Å². The molecule has 0 saturated heterocycles. The molecule has 1 aliphatic carbocycles. The summed E-state index contributed by atoms with van der Waals surface area (Å²) in [5.41, 5.74) is 2.54. The lowest BCUT2D eigenvalue weighted by atomic mass is 9.78. The molecule has 1 heteroatoms. The van der Waals surface area contributed by atoms with Crippen molar-refractivity contribution in [2.75, 3.05) is 0 Å². The Kier molecular flexibility index (Phi) is 3.11.